The van der Waals surface area contributed by atoms with Crippen LogP contribution in [0.4, 0.5) is 4.79 Å². The van der Waals surface area contributed by atoms with E-state index in [1.807, 2.05) is 7.05 Å². The molecule has 0 bridgehead atoms. The fraction of sp³-hybridized carbons (Fsp3) is 0.900. The fourth-order valence-corrected chi connectivity index (χ4v) is 2.09. The van der Waals surface area contributed by atoms with Crippen molar-refractivity contribution in [3.8, 4) is 0 Å². The molecule has 5 nitrogen and oxygen atoms in total. The molecule has 1 fully saturated rings. The van der Waals surface area contributed by atoms with Crippen LogP contribution in [0.25, 0.3) is 0 Å². The van der Waals surface area contributed by atoms with Gasteiger partial charge in [0.15, 0.2) is 0 Å². The Morgan fingerprint density at radius 2 is 1.93 bits per heavy atom. The highest BCUT2D eigenvalue weighted by Crippen LogP contribution is 2.18. The summed E-state index contributed by atoms with van der Waals surface area (Å²) in [6.45, 7) is 1.80. The zero-order valence-corrected chi connectivity index (χ0v) is 9.25. The highest BCUT2D eigenvalue weighted by Gasteiger charge is 2.25. The van der Waals surface area contributed by atoms with Gasteiger partial charge in [0.2, 0.25) is 0 Å². The topological polar surface area (TPSA) is 73.4 Å². The second-order valence-corrected chi connectivity index (χ2v) is 4.00. The maximum Gasteiger partial charge on any atom is 0.404 e. The van der Waals surface area contributed by atoms with E-state index in [-0.39, 0.29) is 6.04 Å². The van der Waals surface area contributed by atoms with Crippen molar-refractivity contribution < 1.29 is 9.90 Å². The first-order valence-corrected chi connectivity index (χ1v) is 5.61. The summed E-state index contributed by atoms with van der Waals surface area (Å²) in [5, 5.41) is 17.7. The molecule has 0 radical (unpaired) electrons. The molecule has 5 heteroatoms. The van der Waals surface area contributed by atoms with E-state index in [9.17, 15) is 4.79 Å². The van der Waals surface area contributed by atoms with Gasteiger partial charge in [-0.25, -0.2) is 4.79 Å². The van der Waals surface area contributed by atoms with Crippen LogP contribution in [0.3, 0.4) is 0 Å². The monoisotopic (exact) mass is 215 g/mol. The average Bonchev–Trinajstić information content (AvgIpc) is 2.20. The zero-order valence-electron chi connectivity index (χ0n) is 9.25. The maximum absolute atomic E-state index is 10.6. The van der Waals surface area contributed by atoms with Crippen LogP contribution in [0, 0.1) is 0 Å². The lowest BCUT2D eigenvalue weighted by molar-refractivity contribution is 0.179. The van der Waals surface area contributed by atoms with Crippen LogP contribution in [0.5, 0.6) is 0 Å². The molecule has 1 amide bonds. The minimum Gasteiger partial charge on any atom is -0.465 e. The van der Waals surface area contributed by atoms with Crippen LogP contribution in [0.2, 0.25) is 0 Å². The van der Waals surface area contributed by atoms with Crippen molar-refractivity contribution >= 4 is 6.09 Å². The maximum atomic E-state index is 10.6. The molecule has 2 atom stereocenters. The third kappa shape index (κ3) is 4.48. The largest absolute Gasteiger partial charge is 0.465 e. The number of hydrogen-bond donors (Lipinski definition) is 4. The predicted octanol–water partition coefficient (Wildman–Crippen LogP) is 0.374. The molecule has 1 aliphatic carbocycles. The first-order valence-electron chi connectivity index (χ1n) is 5.61. The van der Waals surface area contributed by atoms with Gasteiger partial charge in [-0.3, -0.25) is 0 Å². The Labute approximate surface area is 90.6 Å². The Morgan fingerprint density at radius 1 is 1.27 bits per heavy atom. The summed E-state index contributed by atoms with van der Waals surface area (Å²) in [4.78, 5) is 10.6. The summed E-state index contributed by atoms with van der Waals surface area (Å²) >= 11 is 0. The Hall–Kier alpha value is -0.810. The SMILES string of the molecule is CNCCN[C@@H]1CCCC[C@H]1NC(=O)O. The molecule has 1 aliphatic rings. The van der Waals surface area contributed by atoms with Crippen LogP contribution in [0.1, 0.15) is 25.7 Å². The minimum absolute atomic E-state index is 0.0770. The first kappa shape index (κ1) is 12.3. The lowest BCUT2D eigenvalue weighted by Crippen LogP contribution is -2.52. The predicted molar refractivity (Wildman–Crippen MR) is 59.1 cm³/mol. The zero-order chi connectivity index (χ0) is 11.1. The Balaban J connectivity index is 2.32. The van der Waals surface area contributed by atoms with Gasteiger partial charge in [0, 0.05) is 25.2 Å². The molecule has 0 aromatic heterocycles. The van der Waals surface area contributed by atoms with Crippen molar-refractivity contribution in [2.24, 2.45) is 0 Å². The number of rotatable bonds is 5. The standard InChI is InChI=1S/C10H21N3O2/c1-11-6-7-12-8-4-2-3-5-9(8)13-10(14)15/h8-9,11-13H,2-7H2,1H3,(H,14,15)/t8-,9-/m1/s1. The van der Waals surface area contributed by atoms with Crippen molar-refractivity contribution in [3.63, 3.8) is 0 Å². The summed E-state index contributed by atoms with van der Waals surface area (Å²) in [6.07, 6.45) is 3.41. The van der Waals surface area contributed by atoms with Gasteiger partial charge in [0.1, 0.15) is 0 Å². The normalized spacial score (nSPS) is 26.2. The van der Waals surface area contributed by atoms with Gasteiger partial charge in [-0.2, -0.15) is 0 Å². The van der Waals surface area contributed by atoms with Crippen molar-refractivity contribution in [1.82, 2.24) is 16.0 Å². The molecule has 1 rings (SSSR count). The summed E-state index contributed by atoms with van der Waals surface area (Å²) in [5.41, 5.74) is 0. The molecular weight excluding hydrogens is 194 g/mol. The molecule has 0 aromatic carbocycles. The molecular formula is C10H21N3O2. The van der Waals surface area contributed by atoms with Crippen LogP contribution in [-0.2, 0) is 0 Å². The van der Waals surface area contributed by atoms with Crippen molar-refractivity contribution in [3.05, 3.63) is 0 Å². The summed E-state index contributed by atoms with van der Waals surface area (Å²) in [5.74, 6) is 0. The molecule has 0 heterocycles. The summed E-state index contributed by atoms with van der Waals surface area (Å²) in [6, 6.07) is 0.372. The van der Waals surface area contributed by atoms with E-state index < -0.39 is 6.09 Å². The average molecular weight is 215 g/mol. The third-order valence-electron chi connectivity index (χ3n) is 2.86. The summed E-state index contributed by atoms with van der Waals surface area (Å²) < 4.78 is 0. The van der Waals surface area contributed by atoms with E-state index in [4.69, 9.17) is 5.11 Å². The van der Waals surface area contributed by atoms with E-state index in [0.29, 0.717) is 6.04 Å². The Kier molecular flexibility index (Phi) is 5.42. The number of likely N-dealkylation sites (N-methyl/N-ethyl adjacent to an activating group) is 1. The van der Waals surface area contributed by atoms with Gasteiger partial charge in [0.25, 0.3) is 0 Å². The molecule has 0 aliphatic heterocycles. The van der Waals surface area contributed by atoms with Crippen molar-refractivity contribution in [1.29, 1.82) is 0 Å². The fourth-order valence-electron chi connectivity index (χ4n) is 2.09. The molecule has 0 unspecified atom stereocenters. The van der Waals surface area contributed by atoms with E-state index >= 15 is 0 Å². The van der Waals surface area contributed by atoms with E-state index in [1.165, 1.54) is 6.42 Å². The van der Waals surface area contributed by atoms with Gasteiger partial charge in [-0.1, -0.05) is 12.8 Å². The molecule has 1 saturated carbocycles. The van der Waals surface area contributed by atoms with Crippen LogP contribution >= 0.6 is 0 Å². The number of amides is 1. The second kappa shape index (κ2) is 6.63. The smallest absolute Gasteiger partial charge is 0.404 e. The van der Waals surface area contributed by atoms with Gasteiger partial charge >= 0.3 is 6.09 Å². The molecule has 88 valence electrons. The van der Waals surface area contributed by atoms with Crippen molar-refractivity contribution in [2.45, 2.75) is 37.8 Å². The molecule has 0 spiro atoms. The molecule has 15 heavy (non-hydrogen) atoms. The van der Waals surface area contributed by atoms with Crippen LogP contribution < -0.4 is 16.0 Å². The quantitative estimate of drug-likeness (QED) is 0.500. The van der Waals surface area contributed by atoms with E-state index in [1.54, 1.807) is 0 Å². The Bertz CT molecular complexity index is 199. The number of carbonyl (C=O) groups is 1. The summed E-state index contributed by atoms with van der Waals surface area (Å²) in [7, 11) is 1.91. The Morgan fingerprint density at radius 3 is 2.53 bits per heavy atom. The van der Waals surface area contributed by atoms with Crippen molar-refractivity contribution in [2.75, 3.05) is 20.1 Å². The lowest BCUT2D eigenvalue weighted by Gasteiger charge is -2.32. The third-order valence-corrected chi connectivity index (χ3v) is 2.86. The number of nitrogens with one attached hydrogen (secondary N) is 3. The molecule has 0 saturated heterocycles. The highest BCUT2D eigenvalue weighted by atomic mass is 16.4. The molecule has 4 N–H and O–H groups in total. The van der Waals surface area contributed by atoms with Crippen LogP contribution in [-0.4, -0.2) is 43.4 Å². The van der Waals surface area contributed by atoms with E-state index in [0.717, 1.165) is 32.4 Å². The molecule has 0 aromatic rings. The second-order valence-electron chi connectivity index (χ2n) is 4.00. The minimum atomic E-state index is -0.915. The first-order chi connectivity index (χ1) is 7.24. The van der Waals surface area contributed by atoms with Crippen LogP contribution in [0.15, 0.2) is 0 Å². The lowest BCUT2D eigenvalue weighted by atomic mass is 9.90. The highest BCUT2D eigenvalue weighted by molar-refractivity contribution is 5.65. The van der Waals surface area contributed by atoms with Gasteiger partial charge in [-0.15, -0.1) is 0 Å². The number of hydrogen-bond acceptors (Lipinski definition) is 3. The number of carboxylic acid groups (broad SMARTS) is 1. The van der Waals surface area contributed by atoms with Gasteiger partial charge in [0.05, 0.1) is 0 Å². The van der Waals surface area contributed by atoms with E-state index in [2.05, 4.69) is 16.0 Å². The van der Waals surface area contributed by atoms with Gasteiger partial charge in [-0.05, 0) is 19.9 Å². The van der Waals surface area contributed by atoms with Gasteiger partial charge < -0.3 is 21.1 Å².